The van der Waals surface area contributed by atoms with Crippen LogP contribution in [0.15, 0.2) is 42.5 Å². The van der Waals surface area contributed by atoms with Gasteiger partial charge in [-0.15, -0.1) is 0 Å². The van der Waals surface area contributed by atoms with E-state index in [4.69, 9.17) is 10.5 Å². The summed E-state index contributed by atoms with van der Waals surface area (Å²) in [5.41, 5.74) is 7.39. The molecule has 0 radical (unpaired) electrons. The van der Waals surface area contributed by atoms with E-state index in [-0.39, 0.29) is 6.04 Å². The van der Waals surface area contributed by atoms with Gasteiger partial charge in [-0.05, 0) is 67.4 Å². The van der Waals surface area contributed by atoms with Crippen LogP contribution in [0.5, 0.6) is 5.75 Å². The van der Waals surface area contributed by atoms with E-state index in [2.05, 4.69) is 31.0 Å². The van der Waals surface area contributed by atoms with E-state index >= 15 is 0 Å². The molecule has 1 amide bonds. The smallest absolute Gasteiger partial charge is 0.248 e. The highest BCUT2D eigenvalue weighted by Gasteiger charge is 2.60. The molecular weight excluding hydrogens is 340 g/mol. The third-order valence-electron chi connectivity index (χ3n) is 6.73. The van der Waals surface area contributed by atoms with E-state index in [1.54, 1.807) is 25.3 Å². The van der Waals surface area contributed by atoms with Crippen molar-refractivity contribution < 1.29 is 14.6 Å². The van der Waals surface area contributed by atoms with Crippen LogP contribution in [0.2, 0.25) is 0 Å². The number of aliphatic hydroxyl groups is 1. The fourth-order valence-corrected chi connectivity index (χ4v) is 5.08. The SMILES string of the molecule is COc1ccc2c(c1)[C@@]1(C)CCN(C)[C@H](C2)[C@]1(O)c1cccc(C(N)=O)c1. The van der Waals surface area contributed by atoms with Crippen molar-refractivity contribution in [1.29, 1.82) is 0 Å². The number of hydrogen-bond acceptors (Lipinski definition) is 4. The van der Waals surface area contributed by atoms with Gasteiger partial charge >= 0.3 is 0 Å². The molecule has 1 fully saturated rings. The van der Waals surface area contributed by atoms with Gasteiger partial charge in [0.25, 0.3) is 0 Å². The van der Waals surface area contributed by atoms with Gasteiger partial charge in [0, 0.05) is 17.0 Å². The first-order valence-corrected chi connectivity index (χ1v) is 9.31. The minimum Gasteiger partial charge on any atom is -0.497 e. The van der Waals surface area contributed by atoms with Crippen molar-refractivity contribution in [2.75, 3.05) is 20.7 Å². The Morgan fingerprint density at radius 1 is 1.30 bits per heavy atom. The molecule has 2 bridgehead atoms. The summed E-state index contributed by atoms with van der Waals surface area (Å²) >= 11 is 0. The van der Waals surface area contributed by atoms with E-state index in [9.17, 15) is 9.90 Å². The van der Waals surface area contributed by atoms with Crippen LogP contribution in [0.25, 0.3) is 0 Å². The molecule has 2 aliphatic rings. The van der Waals surface area contributed by atoms with E-state index in [1.165, 1.54) is 5.56 Å². The van der Waals surface area contributed by atoms with Crippen LogP contribution in [-0.4, -0.2) is 42.7 Å². The monoisotopic (exact) mass is 366 g/mol. The first-order chi connectivity index (χ1) is 12.8. The minimum atomic E-state index is -1.13. The van der Waals surface area contributed by atoms with Crippen molar-refractivity contribution in [2.45, 2.75) is 36.8 Å². The number of primary amides is 1. The number of ether oxygens (including phenoxy) is 1. The van der Waals surface area contributed by atoms with Crippen molar-refractivity contribution in [1.82, 2.24) is 4.90 Å². The summed E-state index contributed by atoms with van der Waals surface area (Å²) in [4.78, 5) is 14.0. The largest absolute Gasteiger partial charge is 0.497 e. The summed E-state index contributed by atoms with van der Waals surface area (Å²) in [7, 11) is 3.72. The number of fused-ring (bicyclic) bond motifs is 4. The Kier molecular flexibility index (Phi) is 4.05. The molecule has 2 aromatic rings. The Balaban J connectivity index is 1.96. The third-order valence-corrected chi connectivity index (χ3v) is 6.73. The number of amides is 1. The number of piperidine rings is 1. The van der Waals surface area contributed by atoms with Gasteiger partial charge in [0.1, 0.15) is 11.4 Å². The van der Waals surface area contributed by atoms with Gasteiger partial charge in [0.15, 0.2) is 0 Å². The summed E-state index contributed by atoms with van der Waals surface area (Å²) in [6.45, 7) is 3.02. The molecule has 27 heavy (non-hydrogen) atoms. The third kappa shape index (κ3) is 2.42. The summed E-state index contributed by atoms with van der Waals surface area (Å²) in [6.07, 6.45) is 1.54. The van der Waals surface area contributed by atoms with Crippen molar-refractivity contribution in [3.63, 3.8) is 0 Å². The van der Waals surface area contributed by atoms with Gasteiger partial charge in [-0.1, -0.05) is 25.1 Å². The second-order valence-corrected chi connectivity index (χ2v) is 8.02. The molecule has 1 aliphatic carbocycles. The van der Waals surface area contributed by atoms with Crippen LogP contribution < -0.4 is 10.5 Å². The number of rotatable bonds is 3. The van der Waals surface area contributed by atoms with Crippen LogP contribution in [0.4, 0.5) is 0 Å². The average Bonchev–Trinajstić information content (AvgIpc) is 2.67. The molecule has 0 saturated carbocycles. The Bertz CT molecular complexity index is 912. The Labute approximate surface area is 159 Å². The highest BCUT2D eigenvalue weighted by atomic mass is 16.5. The molecule has 142 valence electrons. The predicted molar refractivity (Wildman–Crippen MR) is 104 cm³/mol. The highest BCUT2D eigenvalue weighted by molar-refractivity contribution is 5.93. The molecule has 0 spiro atoms. The number of hydrogen-bond donors (Lipinski definition) is 2. The Morgan fingerprint density at radius 3 is 2.78 bits per heavy atom. The number of nitrogens with zero attached hydrogens (tertiary/aromatic N) is 1. The minimum absolute atomic E-state index is 0.0831. The Hall–Kier alpha value is -2.37. The van der Waals surface area contributed by atoms with E-state index in [1.807, 2.05) is 12.1 Å². The van der Waals surface area contributed by atoms with E-state index in [0.29, 0.717) is 5.56 Å². The zero-order valence-corrected chi connectivity index (χ0v) is 16.0. The Morgan fingerprint density at radius 2 is 2.07 bits per heavy atom. The lowest BCUT2D eigenvalue weighted by Gasteiger charge is -2.60. The maximum atomic E-state index is 12.2. The van der Waals surface area contributed by atoms with Gasteiger partial charge in [-0.3, -0.25) is 9.69 Å². The predicted octanol–water partition coefficient (Wildman–Crippen LogP) is 2.20. The number of carbonyl (C=O) groups excluding carboxylic acids is 1. The normalized spacial score (nSPS) is 29.9. The molecular formula is C22H26N2O3. The molecule has 1 heterocycles. The molecule has 2 aromatic carbocycles. The molecule has 0 aromatic heterocycles. The second-order valence-electron chi connectivity index (χ2n) is 8.02. The van der Waals surface area contributed by atoms with E-state index < -0.39 is 16.9 Å². The van der Waals surface area contributed by atoms with Crippen LogP contribution >= 0.6 is 0 Å². The van der Waals surface area contributed by atoms with Crippen molar-refractivity contribution in [3.05, 3.63) is 64.7 Å². The van der Waals surface area contributed by atoms with Crippen LogP contribution in [0.3, 0.4) is 0 Å². The number of carbonyl (C=O) groups is 1. The van der Waals surface area contributed by atoms with Crippen LogP contribution in [0, 0.1) is 0 Å². The lowest BCUT2D eigenvalue weighted by atomic mass is 9.53. The zero-order valence-electron chi connectivity index (χ0n) is 16.0. The van der Waals surface area contributed by atoms with E-state index in [0.717, 1.165) is 36.3 Å². The average molecular weight is 366 g/mol. The highest BCUT2D eigenvalue weighted by Crippen LogP contribution is 2.56. The number of benzene rings is 2. The lowest BCUT2D eigenvalue weighted by Crippen LogP contribution is -2.67. The fraction of sp³-hybridized carbons (Fsp3) is 0.409. The molecule has 4 rings (SSSR count). The number of methoxy groups -OCH3 is 1. The van der Waals surface area contributed by atoms with Gasteiger partial charge in [0.2, 0.25) is 5.91 Å². The summed E-state index contributed by atoms with van der Waals surface area (Å²) in [6, 6.07) is 13.2. The maximum absolute atomic E-state index is 12.2. The first kappa shape index (κ1) is 18.0. The standard InChI is InChI=1S/C22H26N2O3/c1-21-9-10-24(2)19(12-14-7-8-17(27-3)13-18(14)21)22(21,26)16-6-4-5-15(11-16)20(23)25/h4-8,11,13,19,26H,9-10,12H2,1-3H3,(H2,23,25)/t19-,21-,22-/m1/s1. The first-order valence-electron chi connectivity index (χ1n) is 9.31. The quantitative estimate of drug-likeness (QED) is 0.873. The number of likely N-dealkylation sites (tertiary alicyclic amines) is 1. The van der Waals surface area contributed by atoms with Crippen molar-refractivity contribution in [3.8, 4) is 5.75 Å². The molecule has 3 N–H and O–H groups in total. The zero-order chi connectivity index (χ0) is 19.4. The number of nitrogens with two attached hydrogens (primary N) is 1. The summed E-state index contributed by atoms with van der Waals surface area (Å²) < 4.78 is 5.46. The van der Waals surface area contributed by atoms with Crippen molar-refractivity contribution >= 4 is 5.91 Å². The lowest BCUT2D eigenvalue weighted by molar-refractivity contribution is -0.141. The molecule has 5 heteroatoms. The molecule has 3 atom stereocenters. The number of likely N-dealkylation sites (N-methyl/N-ethyl adjacent to an activating group) is 1. The maximum Gasteiger partial charge on any atom is 0.248 e. The fourth-order valence-electron chi connectivity index (χ4n) is 5.08. The van der Waals surface area contributed by atoms with Gasteiger partial charge < -0.3 is 15.6 Å². The van der Waals surface area contributed by atoms with Gasteiger partial charge in [0.05, 0.1) is 7.11 Å². The summed E-state index contributed by atoms with van der Waals surface area (Å²) in [5, 5.41) is 12.2. The summed E-state index contributed by atoms with van der Waals surface area (Å²) in [5.74, 6) is 0.308. The topological polar surface area (TPSA) is 75.8 Å². The molecule has 1 saturated heterocycles. The van der Waals surface area contributed by atoms with Gasteiger partial charge in [-0.25, -0.2) is 0 Å². The second kappa shape index (κ2) is 6.08. The molecule has 5 nitrogen and oxygen atoms in total. The van der Waals surface area contributed by atoms with Crippen molar-refractivity contribution in [2.24, 2.45) is 5.73 Å². The van der Waals surface area contributed by atoms with Gasteiger partial charge in [-0.2, -0.15) is 0 Å². The van der Waals surface area contributed by atoms with Crippen LogP contribution in [-0.2, 0) is 17.4 Å². The molecule has 0 unspecified atom stereocenters. The van der Waals surface area contributed by atoms with Crippen LogP contribution in [0.1, 0.15) is 40.4 Å². The molecule has 1 aliphatic heterocycles.